The molecule has 0 aliphatic carbocycles. The molecular formula is C24H20ClN5S. The lowest BCUT2D eigenvalue weighted by molar-refractivity contribution is 0.548. The van der Waals surface area contributed by atoms with Gasteiger partial charge in [0.2, 0.25) is 0 Å². The molecule has 1 saturated heterocycles. The van der Waals surface area contributed by atoms with Crippen molar-refractivity contribution >= 4 is 34.6 Å². The third-order valence-corrected chi connectivity index (χ3v) is 6.08. The van der Waals surface area contributed by atoms with Crippen molar-refractivity contribution in [2.45, 2.75) is 19.0 Å². The van der Waals surface area contributed by atoms with E-state index < -0.39 is 0 Å². The molecule has 0 amide bonds. The van der Waals surface area contributed by atoms with Crippen molar-refractivity contribution in [3.05, 3.63) is 107 Å². The lowest BCUT2D eigenvalue weighted by Gasteiger charge is -2.29. The number of nitrogens with one attached hydrogen (secondary N) is 1. The average molecular weight is 446 g/mol. The molecule has 5 rings (SSSR count). The van der Waals surface area contributed by atoms with E-state index in [1.807, 2.05) is 60.9 Å². The van der Waals surface area contributed by atoms with Crippen molar-refractivity contribution in [1.82, 2.24) is 19.9 Å². The number of hydrogen-bond donors (Lipinski definition) is 1. The Morgan fingerprint density at radius 3 is 2.48 bits per heavy atom. The number of halogens is 1. The van der Waals surface area contributed by atoms with Crippen molar-refractivity contribution in [2.75, 3.05) is 4.90 Å². The van der Waals surface area contributed by atoms with Crippen molar-refractivity contribution in [2.24, 2.45) is 0 Å². The standard InChI is InChI=1S/C24H20ClN5S/c1-16-7-12-21(29(16)19-5-4-13-26-15-19)23-22(20-6-2-3-14-27-20)28-24(31)30(23)18-10-8-17(25)9-11-18/h2-15,22-23H,1H3,(H,28,31). The molecule has 3 aromatic heterocycles. The average Bonchev–Trinajstić information content (AvgIpc) is 3.35. The minimum atomic E-state index is -0.117. The molecule has 154 valence electrons. The van der Waals surface area contributed by atoms with Crippen molar-refractivity contribution in [3.8, 4) is 5.69 Å². The summed E-state index contributed by atoms with van der Waals surface area (Å²) in [6, 6.07) is 21.8. The first-order chi connectivity index (χ1) is 15.1. The van der Waals surface area contributed by atoms with Crippen LogP contribution in [0.1, 0.15) is 29.2 Å². The van der Waals surface area contributed by atoms with E-state index in [0.717, 1.165) is 28.5 Å². The molecule has 0 saturated carbocycles. The van der Waals surface area contributed by atoms with Gasteiger partial charge in [0.1, 0.15) is 6.04 Å². The predicted molar refractivity (Wildman–Crippen MR) is 128 cm³/mol. The zero-order valence-corrected chi connectivity index (χ0v) is 18.4. The molecule has 0 spiro atoms. The first kappa shape index (κ1) is 19.7. The number of aryl methyl sites for hydroxylation is 1. The largest absolute Gasteiger partial charge is 0.351 e. The normalized spacial score (nSPS) is 18.3. The van der Waals surface area contributed by atoms with Crippen molar-refractivity contribution in [3.63, 3.8) is 0 Å². The SMILES string of the molecule is Cc1ccc(C2C(c3ccccn3)NC(=S)N2c2ccc(Cl)cc2)n1-c1cccnc1. The van der Waals surface area contributed by atoms with Gasteiger partial charge in [-0.25, -0.2) is 0 Å². The van der Waals surface area contributed by atoms with E-state index in [1.165, 1.54) is 0 Å². The summed E-state index contributed by atoms with van der Waals surface area (Å²) in [5.41, 5.74) is 5.14. The number of hydrogen-bond acceptors (Lipinski definition) is 3. The maximum absolute atomic E-state index is 6.15. The van der Waals surface area contributed by atoms with Crippen molar-refractivity contribution in [1.29, 1.82) is 0 Å². The van der Waals surface area contributed by atoms with Crippen LogP contribution in [0, 0.1) is 6.92 Å². The Hall–Kier alpha value is -3.22. The number of benzene rings is 1. The highest BCUT2D eigenvalue weighted by atomic mass is 35.5. The number of aromatic nitrogens is 3. The minimum absolute atomic E-state index is 0.113. The fourth-order valence-electron chi connectivity index (χ4n) is 4.16. The van der Waals surface area contributed by atoms with Crippen LogP contribution in [0.3, 0.4) is 0 Å². The molecule has 31 heavy (non-hydrogen) atoms. The third kappa shape index (κ3) is 3.58. The van der Waals surface area contributed by atoms with Crippen LogP contribution in [0.5, 0.6) is 0 Å². The summed E-state index contributed by atoms with van der Waals surface area (Å²) in [4.78, 5) is 11.1. The van der Waals surface area contributed by atoms with Gasteiger partial charge in [0, 0.05) is 34.5 Å². The number of pyridine rings is 2. The van der Waals surface area contributed by atoms with Gasteiger partial charge < -0.3 is 14.8 Å². The molecule has 4 aromatic rings. The van der Waals surface area contributed by atoms with Gasteiger partial charge >= 0.3 is 0 Å². The van der Waals surface area contributed by atoms with Crippen LogP contribution in [0.25, 0.3) is 5.69 Å². The predicted octanol–water partition coefficient (Wildman–Crippen LogP) is 5.41. The van der Waals surface area contributed by atoms with E-state index in [9.17, 15) is 0 Å². The topological polar surface area (TPSA) is 46.0 Å². The van der Waals surface area contributed by atoms with Gasteiger partial charge in [0.25, 0.3) is 0 Å². The van der Waals surface area contributed by atoms with Crippen LogP contribution in [0.2, 0.25) is 5.02 Å². The zero-order valence-electron chi connectivity index (χ0n) is 16.8. The molecule has 2 unspecified atom stereocenters. The quantitative estimate of drug-likeness (QED) is 0.426. The van der Waals surface area contributed by atoms with Crippen LogP contribution in [-0.2, 0) is 0 Å². The number of rotatable bonds is 4. The second kappa shape index (κ2) is 8.13. The molecule has 1 N–H and O–H groups in total. The smallest absolute Gasteiger partial charge is 0.174 e. The highest BCUT2D eigenvalue weighted by Crippen LogP contribution is 2.42. The summed E-state index contributed by atoms with van der Waals surface area (Å²) in [5, 5.41) is 4.84. The van der Waals surface area contributed by atoms with E-state index in [-0.39, 0.29) is 12.1 Å². The Morgan fingerprint density at radius 2 is 1.77 bits per heavy atom. The molecule has 1 fully saturated rings. The van der Waals surface area contributed by atoms with E-state index in [1.54, 1.807) is 6.20 Å². The Kier molecular flexibility index (Phi) is 5.18. The monoisotopic (exact) mass is 445 g/mol. The summed E-state index contributed by atoms with van der Waals surface area (Å²) < 4.78 is 2.23. The molecule has 1 aliphatic rings. The Labute approximate surface area is 191 Å². The molecule has 1 aliphatic heterocycles. The van der Waals surface area contributed by atoms with E-state index in [2.05, 4.69) is 49.9 Å². The summed E-state index contributed by atoms with van der Waals surface area (Å²) >= 11 is 12.0. The van der Waals surface area contributed by atoms with Gasteiger partial charge in [-0.05, 0) is 79.8 Å². The molecule has 5 nitrogen and oxygen atoms in total. The third-order valence-electron chi connectivity index (χ3n) is 5.52. The molecular weight excluding hydrogens is 426 g/mol. The zero-order chi connectivity index (χ0) is 21.4. The molecule has 0 bridgehead atoms. The maximum atomic E-state index is 6.15. The van der Waals surface area contributed by atoms with E-state index in [4.69, 9.17) is 23.8 Å². The maximum Gasteiger partial charge on any atom is 0.174 e. The second-order valence-corrected chi connectivity index (χ2v) is 8.24. The van der Waals surface area contributed by atoms with Crippen LogP contribution in [0.4, 0.5) is 5.69 Å². The molecule has 1 aromatic carbocycles. The van der Waals surface area contributed by atoms with Crippen LogP contribution >= 0.6 is 23.8 Å². The first-order valence-corrected chi connectivity index (χ1v) is 10.8. The highest BCUT2D eigenvalue weighted by molar-refractivity contribution is 7.80. The van der Waals surface area contributed by atoms with Gasteiger partial charge in [-0.15, -0.1) is 0 Å². The lowest BCUT2D eigenvalue weighted by atomic mass is 10.0. The van der Waals surface area contributed by atoms with Crippen LogP contribution in [-0.4, -0.2) is 19.6 Å². The number of thiocarbonyl (C=S) groups is 1. The van der Waals surface area contributed by atoms with E-state index >= 15 is 0 Å². The summed E-state index contributed by atoms with van der Waals surface area (Å²) in [6.45, 7) is 2.10. The Balaban J connectivity index is 1.70. The summed E-state index contributed by atoms with van der Waals surface area (Å²) in [7, 11) is 0. The lowest BCUT2D eigenvalue weighted by Crippen LogP contribution is -2.30. The fourth-order valence-corrected chi connectivity index (χ4v) is 4.64. The van der Waals surface area contributed by atoms with Crippen LogP contribution < -0.4 is 10.2 Å². The van der Waals surface area contributed by atoms with Gasteiger partial charge in [-0.3, -0.25) is 9.97 Å². The summed E-state index contributed by atoms with van der Waals surface area (Å²) in [5.74, 6) is 0. The van der Waals surface area contributed by atoms with Crippen molar-refractivity contribution < 1.29 is 0 Å². The minimum Gasteiger partial charge on any atom is -0.351 e. The number of nitrogens with zero attached hydrogens (tertiary/aromatic N) is 4. The second-order valence-electron chi connectivity index (χ2n) is 7.42. The molecule has 0 radical (unpaired) electrons. The van der Waals surface area contributed by atoms with Gasteiger partial charge in [0.15, 0.2) is 5.11 Å². The Morgan fingerprint density at radius 1 is 0.935 bits per heavy atom. The van der Waals surface area contributed by atoms with Gasteiger partial charge in [-0.1, -0.05) is 17.7 Å². The van der Waals surface area contributed by atoms with Gasteiger partial charge in [-0.2, -0.15) is 0 Å². The molecule has 2 atom stereocenters. The first-order valence-electron chi connectivity index (χ1n) is 9.98. The van der Waals surface area contributed by atoms with Gasteiger partial charge in [0.05, 0.1) is 23.6 Å². The fraction of sp³-hybridized carbons (Fsp3) is 0.125. The van der Waals surface area contributed by atoms with E-state index in [0.29, 0.717) is 10.1 Å². The molecule has 7 heteroatoms. The Bertz CT molecular complexity index is 1210. The van der Waals surface area contributed by atoms with Crippen LogP contribution in [0.15, 0.2) is 85.3 Å². The highest BCUT2D eigenvalue weighted by Gasteiger charge is 2.42. The molecule has 4 heterocycles. The number of anilines is 1. The summed E-state index contributed by atoms with van der Waals surface area (Å²) in [6.07, 6.45) is 5.47.